The molecule has 1 amide bonds. The predicted molar refractivity (Wildman–Crippen MR) is 122 cm³/mol. The largest absolute Gasteiger partial charge is 0.465 e. The van der Waals surface area contributed by atoms with E-state index in [2.05, 4.69) is 14.1 Å². The molecule has 2 heterocycles. The van der Waals surface area contributed by atoms with Crippen LogP contribution in [-0.2, 0) is 24.3 Å². The van der Waals surface area contributed by atoms with E-state index < -0.39 is 33.9 Å². The normalized spacial score (nSPS) is 16.4. The molecule has 178 valence electrons. The van der Waals surface area contributed by atoms with E-state index in [4.69, 9.17) is 9.47 Å². The minimum absolute atomic E-state index is 0.0147. The van der Waals surface area contributed by atoms with Crippen LogP contribution in [0.3, 0.4) is 0 Å². The second kappa shape index (κ2) is 9.44. The van der Waals surface area contributed by atoms with Crippen molar-refractivity contribution in [3.63, 3.8) is 0 Å². The van der Waals surface area contributed by atoms with Crippen LogP contribution >= 0.6 is 11.7 Å². The summed E-state index contributed by atoms with van der Waals surface area (Å²) in [7, 11) is -1.67. The zero-order chi connectivity index (χ0) is 24.5. The fraction of sp³-hybridized carbons (Fsp3) is 0.286. The first-order chi connectivity index (χ1) is 16.3. The Labute approximate surface area is 199 Å². The lowest BCUT2D eigenvalue weighted by molar-refractivity contribution is -0.119. The van der Waals surface area contributed by atoms with Gasteiger partial charge in [0.2, 0.25) is 15.9 Å². The second-order valence-electron chi connectivity index (χ2n) is 7.43. The lowest BCUT2D eigenvalue weighted by Gasteiger charge is -2.23. The topological polar surface area (TPSA) is 145 Å². The summed E-state index contributed by atoms with van der Waals surface area (Å²) in [5, 5.41) is 2.62. The van der Waals surface area contributed by atoms with Crippen molar-refractivity contribution in [2.75, 3.05) is 26.1 Å². The fourth-order valence-electron chi connectivity index (χ4n) is 3.80. The lowest BCUT2D eigenvalue weighted by Crippen LogP contribution is -2.43. The molecule has 1 aromatic heterocycles. The van der Waals surface area contributed by atoms with Crippen molar-refractivity contribution in [2.45, 2.75) is 23.8 Å². The van der Waals surface area contributed by atoms with Gasteiger partial charge in [0.25, 0.3) is 0 Å². The molecule has 0 radical (unpaired) electrons. The maximum Gasteiger partial charge on any atom is 0.337 e. The molecular weight excluding hydrogens is 484 g/mol. The number of nitrogens with zero attached hydrogens (tertiary/aromatic N) is 3. The van der Waals surface area contributed by atoms with Gasteiger partial charge in [0, 0.05) is 12.2 Å². The number of hydrogen-bond acceptors (Lipinski definition) is 10. The van der Waals surface area contributed by atoms with E-state index in [1.807, 2.05) is 0 Å². The van der Waals surface area contributed by atoms with E-state index >= 15 is 0 Å². The van der Waals surface area contributed by atoms with Gasteiger partial charge in [-0.05, 0) is 43.2 Å². The maximum absolute atomic E-state index is 13.4. The van der Waals surface area contributed by atoms with Crippen LogP contribution < -0.4 is 5.32 Å². The molecule has 1 saturated heterocycles. The number of rotatable bonds is 6. The number of hydrogen-bond donors (Lipinski definition) is 1. The van der Waals surface area contributed by atoms with E-state index in [1.165, 1.54) is 38.5 Å². The van der Waals surface area contributed by atoms with Gasteiger partial charge in [0.1, 0.15) is 22.0 Å². The van der Waals surface area contributed by atoms with Crippen LogP contribution in [0.25, 0.3) is 11.0 Å². The Morgan fingerprint density at radius 1 is 1.06 bits per heavy atom. The van der Waals surface area contributed by atoms with Crippen LogP contribution in [0.4, 0.5) is 5.69 Å². The van der Waals surface area contributed by atoms with Crippen molar-refractivity contribution in [3.05, 3.63) is 47.5 Å². The molecule has 1 N–H and O–H groups in total. The third-order valence-corrected chi connectivity index (χ3v) is 7.87. The number of esters is 2. The monoisotopic (exact) mass is 504 g/mol. The quantitative estimate of drug-likeness (QED) is 0.499. The highest BCUT2D eigenvalue weighted by Crippen LogP contribution is 2.30. The Kier molecular flexibility index (Phi) is 6.59. The number of ether oxygens (including phenoxy) is 2. The third-order valence-electron chi connectivity index (χ3n) is 5.38. The number of aromatic nitrogens is 2. The zero-order valence-corrected chi connectivity index (χ0v) is 19.8. The number of amides is 1. The number of carbonyl (C=O) groups excluding carboxylic acids is 3. The zero-order valence-electron chi connectivity index (χ0n) is 18.2. The molecule has 1 aliphatic heterocycles. The van der Waals surface area contributed by atoms with Gasteiger partial charge in [-0.3, -0.25) is 4.79 Å². The number of benzene rings is 2. The molecule has 0 bridgehead atoms. The molecule has 34 heavy (non-hydrogen) atoms. The summed E-state index contributed by atoms with van der Waals surface area (Å²) in [4.78, 5) is 37.2. The summed E-state index contributed by atoms with van der Waals surface area (Å²) >= 11 is 0.908. The second-order valence-corrected chi connectivity index (χ2v) is 9.82. The minimum Gasteiger partial charge on any atom is -0.465 e. The SMILES string of the molecule is COC(=O)c1cc(NC(=O)C2CCCN2S(=O)(=O)c2cccc3nsnc23)cc(C(=O)OC)c1. The highest BCUT2D eigenvalue weighted by atomic mass is 32.2. The van der Waals surface area contributed by atoms with Crippen molar-refractivity contribution in [2.24, 2.45) is 0 Å². The molecule has 1 unspecified atom stereocenters. The summed E-state index contributed by atoms with van der Waals surface area (Å²) in [6.07, 6.45) is 0.787. The van der Waals surface area contributed by atoms with Gasteiger partial charge in [0.05, 0.1) is 37.1 Å². The molecule has 0 spiro atoms. The van der Waals surface area contributed by atoms with Gasteiger partial charge in [0.15, 0.2) is 0 Å². The van der Waals surface area contributed by atoms with E-state index in [0.29, 0.717) is 18.4 Å². The molecule has 2 aromatic carbocycles. The molecule has 4 rings (SSSR count). The van der Waals surface area contributed by atoms with Gasteiger partial charge in [-0.1, -0.05) is 6.07 Å². The van der Waals surface area contributed by atoms with Crippen LogP contribution in [0, 0.1) is 0 Å². The molecule has 3 aromatic rings. The van der Waals surface area contributed by atoms with E-state index in [1.54, 1.807) is 12.1 Å². The van der Waals surface area contributed by atoms with E-state index in [-0.39, 0.29) is 33.8 Å². The van der Waals surface area contributed by atoms with Crippen LogP contribution in [0.5, 0.6) is 0 Å². The molecule has 0 aliphatic carbocycles. The van der Waals surface area contributed by atoms with Crippen LogP contribution in [0.1, 0.15) is 33.6 Å². The summed E-state index contributed by atoms with van der Waals surface area (Å²) in [5.74, 6) is -2.02. The third kappa shape index (κ3) is 4.36. The molecule has 11 nitrogen and oxygen atoms in total. The average Bonchev–Trinajstić information content (AvgIpc) is 3.52. The predicted octanol–water partition coefficient (Wildman–Crippen LogP) is 2.06. The van der Waals surface area contributed by atoms with Crippen molar-refractivity contribution in [3.8, 4) is 0 Å². The first-order valence-electron chi connectivity index (χ1n) is 10.1. The van der Waals surface area contributed by atoms with Crippen LogP contribution in [0.2, 0.25) is 0 Å². The van der Waals surface area contributed by atoms with Crippen LogP contribution in [-0.4, -0.2) is 66.1 Å². The molecule has 0 saturated carbocycles. The molecular formula is C21H20N4O7S2. The van der Waals surface area contributed by atoms with Crippen molar-refractivity contribution >= 4 is 56.3 Å². The van der Waals surface area contributed by atoms with Gasteiger partial charge in [-0.25, -0.2) is 18.0 Å². The Balaban J connectivity index is 1.64. The minimum atomic E-state index is -4.04. The van der Waals surface area contributed by atoms with E-state index in [0.717, 1.165) is 16.0 Å². The van der Waals surface area contributed by atoms with Gasteiger partial charge in [-0.2, -0.15) is 13.1 Å². The Bertz CT molecular complexity index is 1350. The molecule has 1 atom stereocenters. The number of fused-ring (bicyclic) bond motifs is 1. The maximum atomic E-state index is 13.4. The summed E-state index contributed by atoms with van der Waals surface area (Å²) in [5.41, 5.74) is 0.898. The standard InChI is InChI=1S/C21H20N4O7S2/c1-31-20(27)12-9-13(21(28)32-2)11-14(10-12)22-19(26)16-6-4-8-25(16)34(29,30)17-7-3-5-15-18(17)24-33-23-15/h3,5,7,9-11,16H,4,6,8H2,1-2H3,(H,22,26). The van der Waals surface area contributed by atoms with Gasteiger partial charge >= 0.3 is 11.9 Å². The number of anilines is 1. The number of carbonyl (C=O) groups is 3. The number of sulfonamides is 1. The summed E-state index contributed by atoms with van der Waals surface area (Å²) in [6.45, 7) is 0.157. The van der Waals surface area contributed by atoms with Crippen molar-refractivity contribution < 1.29 is 32.3 Å². The molecule has 13 heteroatoms. The highest BCUT2D eigenvalue weighted by molar-refractivity contribution is 7.89. The summed E-state index contributed by atoms with van der Waals surface area (Å²) < 4.78 is 45.6. The van der Waals surface area contributed by atoms with E-state index in [9.17, 15) is 22.8 Å². The highest BCUT2D eigenvalue weighted by Gasteiger charge is 2.40. The Hall–Kier alpha value is -3.42. The molecule has 1 fully saturated rings. The number of methoxy groups -OCH3 is 2. The fourth-order valence-corrected chi connectivity index (χ4v) is 6.21. The van der Waals surface area contributed by atoms with Crippen LogP contribution in [0.15, 0.2) is 41.3 Å². The summed E-state index contributed by atoms with van der Waals surface area (Å²) in [6, 6.07) is 7.65. The van der Waals surface area contributed by atoms with Crippen molar-refractivity contribution in [1.29, 1.82) is 0 Å². The average molecular weight is 505 g/mol. The Morgan fingerprint density at radius 2 is 1.74 bits per heavy atom. The lowest BCUT2D eigenvalue weighted by atomic mass is 10.1. The van der Waals surface area contributed by atoms with Gasteiger partial charge < -0.3 is 14.8 Å². The first kappa shape index (κ1) is 23.7. The first-order valence-corrected chi connectivity index (χ1v) is 12.3. The molecule has 1 aliphatic rings. The van der Waals surface area contributed by atoms with Crippen molar-refractivity contribution in [1.82, 2.24) is 13.1 Å². The smallest absolute Gasteiger partial charge is 0.337 e. The number of nitrogens with one attached hydrogen (secondary N) is 1. The van der Waals surface area contributed by atoms with Gasteiger partial charge in [-0.15, -0.1) is 0 Å². The Morgan fingerprint density at radius 3 is 2.38 bits per heavy atom.